The molecule has 0 aliphatic heterocycles. The van der Waals surface area contributed by atoms with Gasteiger partial charge in [0.15, 0.2) is 5.69 Å². The topological polar surface area (TPSA) is 180 Å². The van der Waals surface area contributed by atoms with Gasteiger partial charge >= 0.3 is 11.5 Å². The van der Waals surface area contributed by atoms with Crippen molar-refractivity contribution in [2.75, 3.05) is 11.9 Å². The third kappa shape index (κ3) is 4.95. The molecule has 2 heterocycles. The van der Waals surface area contributed by atoms with Crippen molar-refractivity contribution >= 4 is 29.0 Å². The van der Waals surface area contributed by atoms with Gasteiger partial charge < -0.3 is 20.7 Å². The van der Waals surface area contributed by atoms with Crippen LogP contribution in [-0.4, -0.2) is 47.8 Å². The summed E-state index contributed by atoms with van der Waals surface area (Å²) in [6.45, 7) is 7.27. The summed E-state index contributed by atoms with van der Waals surface area (Å²) < 4.78 is 2.34. The number of aryl methyl sites for hydroxylation is 1. The first kappa shape index (κ1) is 22.4. The Morgan fingerprint density at radius 3 is 2.37 bits per heavy atom. The molecule has 2 N–H and O–H groups in total. The van der Waals surface area contributed by atoms with E-state index in [4.69, 9.17) is 0 Å². The fourth-order valence-corrected chi connectivity index (χ4v) is 2.56. The lowest BCUT2D eigenvalue weighted by Gasteiger charge is -2.08. The first-order valence-electron chi connectivity index (χ1n) is 9.06. The molecular formula is C16H22N8O6. The Kier molecular flexibility index (Phi) is 6.81. The Hall–Kier alpha value is -3.84. The zero-order valence-corrected chi connectivity index (χ0v) is 16.9. The second-order valence-corrected chi connectivity index (χ2v) is 6.83. The number of anilines is 1. The van der Waals surface area contributed by atoms with Crippen LogP contribution in [0.4, 0.5) is 17.2 Å². The maximum Gasteiger partial charge on any atom is 0.468 e. The van der Waals surface area contributed by atoms with Crippen molar-refractivity contribution in [2.24, 2.45) is 5.92 Å². The highest BCUT2D eigenvalue weighted by atomic mass is 16.6. The minimum atomic E-state index is -0.984. The zero-order chi connectivity index (χ0) is 22.6. The van der Waals surface area contributed by atoms with Crippen LogP contribution in [0.5, 0.6) is 0 Å². The molecule has 2 rings (SSSR count). The molecule has 2 aromatic rings. The molecule has 0 saturated carbocycles. The monoisotopic (exact) mass is 422 g/mol. The standard InChI is InChI=1S/C16H22N8O6/c1-5-21-7-11(13(19-21)16(26)17-6-9(2)3)18-12(25)8-22-10(4)14(23(27)28)15(20-22)24(29)30/h7,9H,5-6,8H2,1-4H3,(H,17,26)(H,18,25). The number of nitrogens with zero attached hydrogens (tertiary/aromatic N) is 6. The number of hydrogen-bond donors (Lipinski definition) is 2. The van der Waals surface area contributed by atoms with Crippen LogP contribution in [0, 0.1) is 33.1 Å². The van der Waals surface area contributed by atoms with Crippen LogP contribution in [0.15, 0.2) is 6.20 Å². The van der Waals surface area contributed by atoms with Crippen LogP contribution in [0.3, 0.4) is 0 Å². The highest BCUT2D eigenvalue weighted by Crippen LogP contribution is 2.29. The van der Waals surface area contributed by atoms with Crippen LogP contribution in [0.2, 0.25) is 0 Å². The van der Waals surface area contributed by atoms with Gasteiger partial charge in [0.05, 0.1) is 15.7 Å². The Bertz CT molecular complexity index is 992. The minimum Gasteiger partial charge on any atom is -0.358 e. The van der Waals surface area contributed by atoms with E-state index in [1.165, 1.54) is 17.8 Å². The number of rotatable bonds is 9. The summed E-state index contributed by atoms with van der Waals surface area (Å²) in [5, 5.41) is 35.0. The second kappa shape index (κ2) is 9.11. The molecule has 14 nitrogen and oxygen atoms in total. The van der Waals surface area contributed by atoms with Gasteiger partial charge in [-0.3, -0.25) is 24.4 Å². The normalized spacial score (nSPS) is 10.8. The van der Waals surface area contributed by atoms with E-state index in [2.05, 4.69) is 20.8 Å². The third-order valence-corrected chi connectivity index (χ3v) is 4.05. The molecule has 2 amide bonds. The maximum atomic E-state index is 12.5. The van der Waals surface area contributed by atoms with Crippen LogP contribution >= 0.6 is 0 Å². The van der Waals surface area contributed by atoms with Gasteiger partial charge in [-0.15, -0.1) is 0 Å². The number of nitrogens with one attached hydrogen (secondary N) is 2. The first-order chi connectivity index (χ1) is 14.0. The van der Waals surface area contributed by atoms with E-state index in [0.717, 1.165) is 4.68 Å². The highest BCUT2D eigenvalue weighted by molar-refractivity contribution is 6.02. The molecule has 162 valence electrons. The Morgan fingerprint density at radius 1 is 1.20 bits per heavy atom. The number of hydrogen-bond acceptors (Lipinski definition) is 8. The Labute approximate surface area is 170 Å². The molecule has 0 aliphatic rings. The van der Waals surface area contributed by atoms with Gasteiger partial charge in [0.25, 0.3) is 5.91 Å². The van der Waals surface area contributed by atoms with Gasteiger partial charge in [0.1, 0.15) is 12.2 Å². The van der Waals surface area contributed by atoms with E-state index >= 15 is 0 Å². The number of carbonyl (C=O) groups is 2. The second-order valence-electron chi connectivity index (χ2n) is 6.83. The molecule has 0 fully saturated rings. The molecule has 0 bridgehead atoms. The fourth-order valence-electron chi connectivity index (χ4n) is 2.56. The quantitative estimate of drug-likeness (QED) is 0.447. The van der Waals surface area contributed by atoms with Crippen LogP contribution < -0.4 is 10.6 Å². The number of aromatic nitrogens is 4. The molecule has 0 aromatic carbocycles. The highest BCUT2D eigenvalue weighted by Gasteiger charge is 2.36. The van der Waals surface area contributed by atoms with E-state index in [-0.39, 0.29) is 23.0 Å². The van der Waals surface area contributed by atoms with Crippen LogP contribution in [0.25, 0.3) is 0 Å². The van der Waals surface area contributed by atoms with Crippen LogP contribution in [-0.2, 0) is 17.9 Å². The van der Waals surface area contributed by atoms with Crippen LogP contribution in [0.1, 0.15) is 37.0 Å². The molecule has 14 heteroatoms. The zero-order valence-electron chi connectivity index (χ0n) is 16.9. The number of nitro groups is 2. The number of carbonyl (C=O) groups excluding carboxylic acids is 2. The van der Waals surface area contributed by atoms with Crippen molar-refractivity contribution < 1.29 is 19.4 Å². The molecule has 30 heavy (non-hydrogen) atoms. The summed E-state index contributed by atoms with van der Waals surface area (Å²) in [5.41, 5.74) is -0.752. The van der Waals surface area contributed by atoms with E-state index in [0.29, 0.717) is 13.1 Å². The Morgan fingerprint density at radius 2 is 1.87 bits per heavy atom. The van der Waals surface area contributed by atoms with Crippen molar-refractivity contribution in [1.29, 1.82) is 0 Å². The summed E-state index contributed by atoms with van der Waals surface area (Å²) in [7, 11) is 0. The maximum absolute atomic E-state index is 12.5. The average Bonchev–Trinajstić information content (AvgIpc) is 3.21. The lowest BCUT2D eigenvalue weighted by atomic mass is 10.2. The molecule has 0 spiro atoms. The third-order valence-electron chi connectivity index (χ3n) is 4.05. The average molecular weight is 422 g/mol. The van der Waals surface area contributed by atoms with Gasteiger partial charge in [0.2, 0.25) is 5.91 Å². The molecule has 0 atom stereocenters. The predicted octanol–water partition coefficient (Wildman–Crippen LogP) is 1.25. The van der Waals surface area contributed by atoms with Gasteiger partial charge in [-0.05, 0) is 24.7 Å². The van der Waals surface area contributed by atoms with Gasteiger partial charge in [-0.2, -0.15) is 9.78 Å². The summed E-state index contributed by atoms with van der Waals surface area (Å²) >= 11 is 0. The first-order valence-corrected chi connectivity index (χ1v) is 9.06. The fraction of sp³-hybridized carbons (Fsp3) is 0.500. The number of amides is 2. The molecule has 0 aliphatic carbocycles. The van der Waals surface area contributed by atoms with Crippen molar-refractivity contribution in [2.45, 2.75) is 40.8 Å². The van der Waals surface area contributed by atoms with E-state index < -0.39 is 39.7 Å². The van der Waals surface area contributed by atoms with Gasteiger partial charge in [0, 0.05) is 19.3 Å². The summed E-state index contributed by atoms with van der Waals surface area (Å²) in [4.78, 5) is 45.0. The summed E-state index contributed by atoms with van der Waals surface area (Å²) in [6, 6.07) is 0. The molecular weight excluding hydrogens is 400 g/mol. The van der Waals surface area contributed by atoms with Crippen molar-refractivity contribution in [3.8, 4) is 0 Å². The van der Waals surface area contributed by atoms with Crippen molar-refractivity contribution in [1.82, 2.24) is 24.9 Å². The molecule has 0 unspecified atom stereocenters. The summed E-state index contributed by atoms with van der Waals surface area (Å²) in [5.74, 6) is -1.88. The van der Waals surface area contributed by atoms with E-state index in [1.54, 1.807) is 6.92 Å². The summed E-state index contributed by atoms with van der Waals surface area (Å²) in [6.07, 6.45) is 1.48. The molecule has 2 aromatic heterocycles. The lowest BCUT2D eigenvalue weighted by Crippen LogP contribution is -2.29. The molecule has 0 radical (unpaired) electrons. The van der Waals surface area contributed by atoms with E-state index in [9.17, 15) is 29.8 Å². The molecule has 0 saturated heterocycles. The van der Waals surface area contributed by atoms with E-state index in [1.807, 2.05) is 13.8 Å². The smallest absolute Gasteiger partial charge is 0.358 e. The predicted molar refractivity (Wildman–Crippen MR) is 104 cm³/mol. The lowest BCUT2D eigenvalue weighted by molar-refractivity contribution is -0.424. The Balaban J connectivity index is 2.24. The van der Waals surface area contributed by atoms with Gasteiger partial charge in [-0.25, -0.2) is 0 Å². The SMILES string of the molecule is CCn1cc(NC(=O)Cn2nc([N+](=O)[O-])c([N+](=O)[O-])c2C)c(C(=O)NCC(C)C)n1. The van der Waals surface area contributed by atoms with Crippen molar-refractivity contribution in [3.05, 3.63) is 37.8 Å². The van der Waals surface area contributed by atoms with Gasteiger partial charge in [-0.1, -0.05) is 13.8 Å². The largest absolute Gasteiger partial charge is 0.468 e. The van der Waals surface area contributed by atoms with Crippen molar-refractivity contribution in [3.63, 3.8) is 0 Å². The minimum absolute atomic E-state index is 0.0139.